The summed E-state index contributed by atoms with van der Waals surface area (Å²) in [6.07, 6.45) is -2.81. The number of likely N-dealkylation sites (tertiary alicyclic amines) is 1. The van der Waals surface area contributed by atoms with Gasteiger partial charge in [-0.05, 0) is 41.8 Å². The van der Waals surface area contributed by atoms with E-state index in [1.807, 2.05) is 0 Å². The fourth-order valence-electron chi connectivity index (χ4n) is 5.04. The molecule has 37 heavy (non-hydrogen) atoms. The minimum absolute atomic E-state index is 0.0702. The molecule has 2 aromatic carbocycles. The van der Waals surface area contributed by atoms with Crippen molar-refractivity contribution in [2.45, 2.75) is 50.1 Å². The van der Waals surface area contributed by atoms with Gasteiger partial charge in [0.1, 0.15) is 17.2 Å². The Morgan fingerprint density at radius 1 is 1.00 bits per heavy atom. The highest BCUT2D eigenvalue weighted by Gasteiger charge is 2.51. The van der Waals surface area contributed by atoms with Gasteiger partial charge in [0.15, 0.2) is 5.60 Å². The molecule has 2 aliphatic heterocycles. The minimum Gasteiger partial charge on any atom is -0.493 e. The molecule has 1 spiro atoms. The maximum absolute atomic E-state index is 15.0. The number of halogens is 5. The first-order valence-corrected chi connectivity index (χ1v) is 11.9. The molecule has 1 fully saturated rings. The molecule has 0 bridgehead atoms. The third-order valence-electron chi connectivity index (χ3n) is 7.31. The number of benzene rings is 2. The first kappa shape index (κ1) is 25.4. The molecule has 0 aliphatic carbocycles. The Bertz CT molecular complexity index is 1290. The van der Waals surface area contributed by atoms with Crippen LogP contribution in [0.4, 0.5) is 22.0 Å². The molecule has 3 aromatic rings. The summed E-state index contributed by atoms with van der Waals surface area (Å²) in [6.45, 7) is 2.24. The van der Waals surface area contributed by atoms with Crippen molar-refractivity contribution < 1.29 is 36.9 Å². The second-order valence-electron chi connectivity index (χ2n) is 9.95. The Kier molecular flexibility index (Phi) is 6.15. The van der Waals surface area contributed by atoms with Crippen LogP contribution in [0.2, 0.25) is 0 Å². The zero-order valence-electron chi connectivity index (χ0n) is 19.9. The Labute approximate surface area is 210 Å². The third kappa shape index (κ3) is 4.75. The van der Waals surface area contributed by atoms with Crippen LogP contribution in [-0.2, 0) is 18.6 Å². The average molecular weight is 520 g/mol. The quantitative estimate of drug-likeness (QED) is 0.447. The summed E-state index contributed by atoms with van der Waals surface area (Å²) in [6, 6.07) is 10.2. The highest BCUT2D eigenvalue weighted by molar-refractivity contribution is 5.66. The van der Waals surface area contributed by atoms with Gasteiger partial charge >= 0.3 is 6.18 Å². The van der Waals surface area contributed by atoms with Gasteiger partial charge in [0.05, 0.1) is 5.56 Å². The number of rotatable bonds is 4. The maximum Gasteiger partial charge on any atom is 0.421 e. The lowest BCUT2D eigenvalue weighted by Crippen LogP contribution is -2.47. The smallest absolute Gasteiger partial charge is 0.421 e. The van der Waals surface area contributed by atoms with Crippen LogP contribution in [-0.4, -0.2) is 45.0 Å². The molecule has 0 saturated carbocycles. The minimum atomic E-state index is -4.89. The van der Waals surface area contributed by atoms with Crippen LogP contribution < -0.4 is 4.74 Å². The van der Waals surface area contributed by atoms with Crippen molar-refractivity contribution in [3.63, 3.8) is 0 Å². The fourth-order valence-corrected chi connectivity index (χ4v) is 5.04. The average Bonchev–Trinajstić information content (AvgIpc) is 3.17. The van der Waals surface area contributed by atoms with Crippen LogP contribution in [0.3, 0.4) is 0 Å². The molecule has 1 saturated heterocycles. The Morgan fingerprint density at radius 3 is 2.22 bits per heavy atom. The second-order valence-corrected chi connectivity index (χ2v) is 9.95. The first-order chi connectivity index (χ1) is 17.4. The number of pyridine rings is 1. The summed E-state index contributed by atoms with van der Waals surface area (Å²) in [4.78, 5) is 6.12. The van der Waals surface area contributed by atoms with E-state index in [1.54, 1.807) is 6.07 Å². The summed E-state index contributed by atoms with van der Waals surface area (Å²) < 4.78 is 75.2. The van der Waals surface area contributed by atoms with Crippen molar-refractivity contribution in [3.8, 4) is 22.9 Å². The molecule has 0 amide bonds. The molecule has 196 valence electrons. The summed E-state index contributed by atoms with van der Waals surface area (Å²) in [5.74, 6) is -1.29. The monoisotopic (exact) mass is 520 g/mol. The van der Waals surface area contributed by atoms with Crippen LogP contribution in [0.15, 0.2) is 48.5 Å². The van der Waals surface area contributed by atoms with Gasteiger partial charge < -0.3 is 14.9 Å². The third-order valence-corrected chi connectivity index (χ3v) is 7.31. The molecule has 5 rings (SSSR count). The normalized spacial score (nSPS) is 18.9. The zero-order chi connectivity index (χ0) is 26.6. The number of nitrogens with zero attached hydrogens (tertiary/aromatic N) is 2. The summed E-state index contributed by atoms with van der Waals surface area (Å²) in [7, 11) is 0. The Morgan fingerprint density at radius 2 is 1.62 bits per heavy atom. The van der Waals surface area contributed by atoms with Gasteiger partial charge in [-0.25, -0.2) is 8.78 Å². The first-order valence-electron chi connectivity index (χ1n) is 11.9. The maximum atomic E-state index is 15.0. The van der Waals surface area contributed by atoms with E-state index in [1.165, 1.54) is 18.2 Å². The molecule has 0 radical (unpaired) electrons. The molecule has 1 unspecified atom stereocenters. The van der Waals surface area contributed by atoms with Gasteiger partial charge in [0.2, 0.25) is 11.8 Å². The van der Waals surface area contributed by atoms with E-state index in [9.17, 15) is 32.2 Å². The van der Waals surface area contributed by atoms with E-state index >= 15 is 0 Å². The standard InChI is InChI=1S/C27H25F5N2O3/c1-25(36,27(30,31)32)19-5-2-17(3-6-19)23-20(28)12-16(13-21(23)29)15-34-10-8-26(9-11-34)14-18-4-7-22(35)33-24(18)37-26/h2-7,12-13,36H,8-11,14-15H2,1H3,(H,33,35). The molecule has 1 aromatic heterocycles. The van der Waals surface area contributed by atoms with Crippen molar-refractivity contribution in [1.29, 1.82) is 0 Å². The highest BCUT2D eigenvalue weighted by atomic mass is 19.4. The van der Waals surface area contributed by atoms with E-state index in [0.717, 1.165) is 29.8 Å². The van der Waals surface area contributed by atoms with E-state index < -0.39 is 34.6 Å². The predicted molar refractivity (Wildman–Crippen MR) is 125 cm³/mol. The lowest BCUT2D eigenvalue weighted by Gasteiger charge is -2.38. The van der Waals surface area contributed by atoms with Crippen molar-refractivity contribution in [1.82, 2.24) is 9.88 Å². The molecule has 2 N–H and O–H groups in total. The number of piperidine rings is 1. The largest absolute Gasteiger partial charge is 0.493 e. The number of alkyl halides is 3. The lowest BCUT2D eigenvalue weighted by atomic mass is 9.87. The summed E-state index contributed by atoms with van der Waals surface area (Å²) in [5, 5.41) is 19.4. The number of aromatic hydroxyl groups is 1. The highest BCUT2D eigenvalue weighted by Crippen LogP contribution is 2.41. The molecule has 2 aliphatic rings. The van der Waals surface area contributed by atoms with Gasteiger partial charge in [-0.1, -0.05) is 24.3 Å². The SMILES string of the molecule is CC(O)(c1ccc(-c2c(F)cc(CN3CCC4(CC3)Cc3ccc(O)nc3O4)cc2F)cc1)C(F)(F)F. The van der Waals surface area contributed by atoms with Gasteiger partial charge in [0, 0.05) is 50.5 Å². The van der Waals surface area contributed by atoms with Crippen LogP contribution in [0.5, 0.6) is 11.8 Å². The van der Waals surface area contributed by atoms with E-state index in [0.29, 0.717) is 57.3 Å². The zero-order valence-corrected chi connectivity index (χ0v) is 19.9. The fraction of sp³-hybridized carbons (Fsp3) is 0.370. The van der Waals surface area contributed by atoms with E-state index in [4.69, 9.17) is 4.74 Å². The van der Waals surface area contributed by atoms with Crippen LogP contribution in [0.1, 0.15) is 36.5 Å². The van der Waals surface area contributed by atoms with Crippen molar-refractivity contribution in [2.24, 2.45) is 0 Å². The molecule has 10 heteroatoms. The van der Waals surface area contributed by atoms with Gasteiger partial charge in [-0.3, -0.25) is 4.90 Å². The molecule has 1 atom stereocenters. The van der Waals surface area contributed by atoms with Gasteiger partial charge in [-0.2, -0.15) is 18.2 Å². The number of aliphatic hydroxyl groups is 1. The molecule has 3 heterocycles. The van der Waals surface area contributed by atoms with Gasteiger partial charge in [0.25, 0.3) is 0 Å². The number of hydrogen-bond donors (Lipinski definition) is 2. The molecular formula is C27H25F5N2O3. The Hall–Kier alpha value is -3.24. The number of aromatic nitrogens is 1. The lowest BCUT2D eigenvalue weighted by molar-refractivity contribution is -0.258. The second kappa shape index (κ2) is 8.95. The van der Waals surface area contributed by atoms with Crippen molar-refractivity contribution >= 4 is 0 Å². The van der Waals surface area contributed by atoms with Gasteiger partial charge in [-0.15, -0.1) is 0 Å². The Balaban J connectivity index is 1.26. The van der Waals surface area contributed by atoms with E-state index in [2.05, 4.69) is 9.88 Å². The molecular weight excluding hydrogens is 495 g/mol. The topological polar surface area (TPSA) is 65.8 Å². The summed E-state index contributed by atoms with van der Waals surface area (Å²) >= 11 is 0. The number of fused-ring (bicyclic) bond motifs is 1. The number of ether oxygens (including phenoxy) is 1. The van der Waals surface area contributed by atoms with Crippen molar-refractivity contribution in [3.05, 3.63) is 76.9 Å². The summed E-state index contributed by atoms with van der Waals surface area (Å²) in [5.41, 5.74) is -2.79. The van der Waals surface area contributed by atoms with Crippen LogP contribution >= 0.6 is 0 Å². The predicted octanol–water partition coefficient (Wildman–Crippen LogP) is 5.47. The van der Waals surface area contributed by atoms with Crippen molar-refractivity contribution in [2.75, 3.05) is 13.1 Å². The molecule has 5 nitrogen and oxygen atoms in total. The van der Waals surface area contributed by atoms with E-state index in [-0.39, 0.29) is 17.0 Å². The van der Waals surface area contributed by atoms with Crippen LogP contribution in [0, 0.1) is 11.6 Å². The van der Waals surface area contributed by atoms with Crippen LogP contribution in [0.25, 0.3) is 11.1 Å². The number of hydrogen-bond acceptors (Lipinski definition) is 5.